The maximum Gasteiger partial charge on any atom is 0.255 e. The molecule has 0 unspecified atom stereocenters. The molecule has 0 aliphatic carbocycles. The van der Waals surface area contributed by atoms with E-state index in [-0.39, 0.29) is 11.1 Å². The van der Waals surface area contributed by atoms with Crippen LogP contribution in [0.1, 0.15) is 44.8 Å². The molecule has 4 aromatic heterocycles. The van der Waals surface area contributed by atoms with Crippen LogP contribution < -0.4 is 11.1 Å². The molecule has 4 aromatic carbocycles. The highest BCUT2D eigenvalue weighted by atomic mass is 35.5. The number of pyridine rings is 2. The van der Waals surface area contributed by atoms with Crippen LogP contribution in [0.15, 0.2) is 174 Å². The third-order valence-corrected chi connectivity index (χ3v) is 9.56. The minimum atomic E-state index is -0.112. The second-order valence-electron chi connectivity index (χ2n) is 13.3. The molecule has 0 saturated carbocycles. The SMILES string of the molecule is N#Cc1ccc(Cc2cncn2Cc2ccn(-c3cccc(Cl)c3)c(=O)c2)cc1.N#Cc1ccc(Cc2cncn2Cc2ccn(-c3ccccc3)c(=O)c2)cc1. The van der Waals surface area contributed by atoms with Gasteiger partial charge in [-0.25, -0.2) is 9.97 Å². The van der Waals surface area contributed by atoms with E-state index in [4.69, 9.17) is 22.1 Å². The first-order valence-corrected chi connectivity index (χ1v) is 18.4. The molecule has 0 atom stereocenters. The number of nitriles is 2. The van der Waals surface area contributed by atoms with E-state index in [1.165, 1.54) is 0 Å². The highest BCUT2D eigenvalue weighted by Crippen LogP contribution is 2.16. The van der Waals surface area contributed by atoms with Crippen molar-refractivity contribution in [2.24, 2.45) is 0 Å². The number of hydrogen-bond acceptors (Lipinski definition) is 6. The number of halogens is 1. The van der Waals surface area contributed by atoms with Crippen molar-refractivity contribution >= 4 is 11.6 Å². The molecule has 0 aliphatic heterocycles. The lowest BCUT2D eigenvalue weighted by molar-refractivity contribution is 0.749. The molecule has 0 saturated heterocycles. The summed E-state index contributed by atoms with van der Waals surface area (Å²) < 4.78 is 7.27. The van der Waals surface area contributed by atoms with Gasteiger partial charge in [0.25, 0.3) is 11.1 Å². The summed E-state index contributed by atoms with van der Waals surface area (Å²) in [6, 6.07) is 43.3. The molecule has 0 bridgehead atoms. The maximum atomic E-state index is 12.6. The fraction of sp³-hybridized carbons (Fsp3) is 0.0870. The summed E-state index contributed by atoms with van der Waals surface area (Å²) in [6.07, 6.45) is 12.2. The van der Waals surface area contributed by atoms with Gasteiger partial charge < -0.3 is 9.13 Å². The van der Waals surface area contributed by atoms with Gasteiger partial charge in [0, 0.05) is 84.9 Å². The zero-order valence-electron chi connectivity index (χ0n) is 30.7. The van der Waals surface area contributed by atoms with Crippen LogP contribution in [-0.4, -0.2) is 28.2 Å². The van der Waals surface area contributed by atoms with Crippen molar-refractivity contribution < 1.29 is 0 Å². The molecule has 10 nitrogen and oxygen atoms in total. The summed E-state index contributed by atoms with van der Waals surface area (Å²) in [4.78, 5) is 33.6. The van der Waals surface area contributed by atoms with Crippen LogP contribution in [0.2, 0.25) is 5.02 Å². The van der Waals surface area contributed by atoms with Gasteiger partial charge in [0.05, 0.1) is 41.6 Å². The lowest BCUT2D eigenvalue weighted by Crippen LogP contribution is -2.18. The van der Waals surface area contributed by atoms with Crippen molar-refractivity contribution in [3.63, 3.8) is 0 Å². The summed E-state index contributed by atoms with van der Waals surface area (Å²) >= 11 is 6.03. The van der Waals surface area contributed by atoms with Gasteiger partial charge in [-0.15, -0.1) is 0 Å². The van der Waals surface area contributed by atoms with Gasteiger partial charge >= 0.3 is 0 Å². The molecule has 8 rings (SSSR count). The first-order valence-electron chi connectivity index (χ1n) is 18.1. The van der Waals surface area contributed by atoms with Crippen molar-refractivity contribution in [3.8, 4) is 23.5 Å². The molecule has 278 valence electrons. The monoisotopic (exact) mass is 766 g/mol. The Morgan fingerprint density at radius 1 is 0.526 bits per heavy atom. The summed E-state index contributed by atoms with van der Waals surface area (Å²) in [5.74, 6) is 0. The molecule has 8 aromatic rings. The summed E-state index contributed by atoms with van der Waals surface area (Å²) in [5, 5.41) is 18.4. The summed E-state index contributed by atoms with van der Waals surface area (Å²) in [5.41, 5.74) is 8.83. The smallest absolute Gasteiger partial charge is 0.255 e. The molecule has 57 heavy (non-hydrogen) atoms. The Kier molecular flexibility index (Phi) is 11.8. The van der Waals surface area contributed by atoms with E-state index in [1.807, 2.05) is 131 Å². The van der Waals surface area contributed by atoms with Gasteiger partial charge in [-0.3, -0.25) is 18.7 Å². The van der Waals surface area contributed by atoms with E-state index >= 15 is 0 Å². The third-order valence-electron chi connectivity index (χ3n) is 9.33. The highest BCUT2D eigenvalue weighted by molar-refractivity contribution is 6.30. The number of para-hydroxylation sites is 1. The normalized spacial score (nSPS) is 10.6. The summed E-state index contributed by atoms with van der Waals surface area (Å²) in [6.45, 7) is 1.13. The molecular formula is C46H35ClN8O2. The highest BCUT2D eigenvalue weighted by Gasteiger charge is 2.09. The largest absolute Gasteiger partial charge is 0.330 e. The van der Waals surface area contributed by atoms with E-state index in [1.54, 1.807) is 52.3 Å². The summed E-state index contributed by atoms with van der Waals surface area (Å²) in [7, 11) is 0. The van der Waals surface area contributed by atoms with E-state index in [0.717, 1.165) is 45.0 Å². The molecule has 0 N–H and O–H groups in total. The lowest BCUT2D eigenvalue weighted by atomic mass is 10.1. The fourth-order valence-electron chi connectivity index (χ4n) is 6.36. The average Bonchev–Trinajstić information content (AvgIpc) is 3.87. The predicted octanol–water partition coefficient (Wildman–Crippen LogP) is 7.74. The van der Waals surface area contributed by atoms with Crippen LogP contribution in [0, 0.1) is 22.7 Å². The minimum Gasteiger partial charge on any atom is -0.330 e. The topological polar surface area (TPSA) is 127 Å². The molecule has 11 heteroatoms. The molecule has 0 radical (unpaired) electrons. The van der Waals surface area contributed by atoms with Crippen LogP contribution in [0.3, 0.4) is 0 Å². The van der Waals surface area contributed by atoms with Crippen molar-refractivity contribution in [2.75, 3.05) is 0 Å². The van der Waals surface area contributed by atoms with Gasteiger partial charge in [0.1, 0.15) is 0 Å². The fourth-order valence-corrected chi connectivity index (χ4v) is 6.54. The van der Waals surface area contributed by atoms with E-state index < -0.39 is 0 Å². The average molecular weight is 767 g/mol. The number of imidazole rings is 2. The second kappa shape index (κ2) is 17.7. The Labute approximate surface area is 334 Å². The van der Waals surface area contributed by atoms with Crippen LogP contribution in [-0.2, 0) is 25.9 Å². The number of nitrogens with zero attached hydrogens (tertiary/aromatic N) is 8. The van der Waals surface area contributed by atoms with Crippen molar-refractivity contribution in [1.82, 2.24) is 28.2 Å². The zero-order chi connectivity index (χ0) is 39.6. The van der Waals surface area contributed by atoms with Gasteiger partial charge in [0.15, 0.2) is 0 Å². The Morgan fingerprint density at radius 2 is 1.00 bits per heavy atom. The van der Waals surface area contributed by atoms with Gasteiger partial charge in [-0.1, -0.05) is 60.1 Å². The number of benzene rings is 4. The minimum absolute atomic E-state index is 0.0579. The van der Waals surface area contributed by atoms with Gasteiger partial charge in [0.2, 0.25) is 0 Å². The van der Waals surface area contributed by atoms with Crippen molar-refractivity contribution in [1.29, 1.82) is 10.5 Å². The van der Waals surface area contributed by atoms with Crippen LogP contribution in [0.4, 0.5) is 0 Å². The zero-order valence-corrected chi connectivity index (χ0v) is 31.4. The quantitative estimate of drug-likeness (QED) is 0.140. The Hall–Kier alpha value is -7.53. The third kappa shape index (κ3) is 9.59. The lowest BCUT2D eigenvalue weighted by Gasteiger charge is -2.10. The number of hydrogen-bond donors (Lipinski definition) is 0. The van der Waals surface area contributed by atoms with E-state index in [2.05, 4.69) is 22.1 Å². The number of aromatic nitrogens is 6. The predicted molar refractivity (Wildman–Crippen MR) is 220 cm³/mol. The van der Waals surface area contributed by atoms with Gasteiger partial charge in [-0.05, 0) is 89.0 Å². The molecule has 0 fully saturated rings. The molecule has 0 amide bonds. The van der Waals surface area contributed by atoms with Crippen molar-refractivity contribution in [3.05, 3.63) is 235 Å². The standard InChI is InChI=1S/C23H17ClN4O.C23H18N4O/c24-20-2-1-3-21(12-20)28-9-8-19(11-23(28)29)15-27-16-26-14-22(27)10-17-4-6-18(13-25)7-5-17;24-14-19-8-6-18(7-9-19)12-22-15-25-17-26(22)16-20-10-11-27(23(28)13-20)21-4-2-1-3-5-21/h1-9,11-12,14,16H,10,15H2;1-11,13,15,17H,12,16H2. The first-order chi connectivity index (χ1) is 27.8. The molecule has 4 heterocycles. The van der Waals surface area contributed by atoms with Crippen molar-refractivity contribution in [2.45, 2.75) is 25.9 Å². The Bertz CT molecular complexity index is 2820. The van der Waals surface area contributed by atoms with Gasteiger partial charge in [-0.2, -0.15) is 10.5 Å². The number of rotatable bonds is 10. The maximum absolute atomic E-state index is 12.6. The Balaban J connectivity index is 0.000000174. The van der Waals surface area contributed by atoms with E-state index in [9.17, 15) is 9.59 Å². The first kappa shape index (κ1) is 37.8. The van der Waals surface area contributed by atoms with E-state index in [0.29, 0.717) is 42.1 Å². The second-order valence-corrected chi connectivity index (χ2v) is 13.7. The van der Waals surface area contributed by atoms with Crippen LogP contribution in [0.5, 0.6) is 0 Å². The molecule has 0 aliphatic rings. The molecule has 0 spiro atoms. The van der Waals surface area contributed by atoms with Crippen LogP contribution >= 0.6 is 11.6 Å². The van der Waals surface area contributed by atoms with Crippen LogP contribution in [0.25, 0.3) is 11.4 Å². The molecular weight excluding hydrogens is 732 g/mol. The Morgan fingerprint density at radius 3 is 1.46 bits per heavy atom.